The van der Waals surface area contributed by atoms with Crippen molar-refractivity contribution in [2.24, 2.45) is 0 Å². The van der Waals surface area contributed by atoms with Gasteiger partial charge in [-0.1, -0.05) is 42.1 Å². The fraction of sp³-hybridized carbons (Fsp3) is 0.190. The van der Waals surface area contributed by atoms with Crippen LogP contribution in [0.4, 0.5) is 5.69 Å². The molecule has 0 fully saturated rings. The molecule has 27 heavy (non-hydrogen) atoms. The van der Waals surface area contributed by atoms with E-state index in [9.17, 15) is 4.79 Å². The zero-order valence-corrected chi connectivity index (χ0v) is 16.1. The molecule has 0 unspecified atom stereocenters. The van der Waals surface area contributed by atoms with E-state index in [2.05, 4.69) is 15.3 Å². The number of ether oxygens (including phenoxy) is 1. The van der Waals surface area contributed by atoms with Crippen molar-refractivity contribution in [3.63, 3.8) is 0 Å². The van der Waals surface area contributed by atoms with Crippen LogP contribution in [0.25, 0.3) is 0 Å². The Bertz CT molecular complexity index is 896. The number of para-hydroxylation sites is 1. The molecule has 6 heteroatoms. The Labute approximate surface area is 163 Å². The summed E-state index contributed by atoms with van der Waals surface area (Å²) < 4.78 is 5.75. The number of amides is 1. The van der Waals surface area contributed by atoms with Gasteiger partial charge in [0.15, 0.2) is 5.16 Å². The van der Waals surface area contributed by atoms with Gasteiger partial charge in [0.25, 0.3) is 0 Å². The van der Waals surface area contributed by atoms with Crippen molar-refractivity contribution in [2.75, 3.05) is 11.1 Å². The van der Waals surface area contributed by atoms with Crippen LogP contribution in [0, 0.1) is 13.8 Å². The van der Waals surface area contributed by atoms with E-state index in [0.717, 1.165) is 28.4 Å². The molecule has 2 aromatic carbocycles. The summed E-state index contributed by atoms with van der Waals surface area (Å²) in [6, 6.07) is 19.2. The molecule has 3 rings (SSSR count). The number of anilines is 1. The molecule has 1 heterocycles. The maximum absolute atomic E-state index is 12.2. The third-order valence-corrected chi connectivity index (χ3v) is 4.50. The number of aryl methyl sites for hydroxylation is 2. The molecule has 0 aliphatic carbocycles. The molecule has 0 aliphatic heterocycles. The zero-order chi connectivity index (χ0) is 19.1. The largest absolute Gasteiger partial charge is 0.489 e. The topological polar surface area (TPSA) is 64.1 Å². The molecule has 0 saturated carbocycles. The number of benzene rings is 2. The average Bonchev–Trinajstić information content (AvgIpc) is 2.65. The van der Waals surface area contributed by atoms with Gasteiger partial charge in [-0.05, 0) is 49.7 Å². The van der Waals surface area contributed by atoms with Crippen molar-refractivity contribution in [3.8, 4) is 5.75 Å². The highest BCUT2D eigenvalue weighted by molar-refractivity contribution is 7.99. The zero-order valence-electron chi connectivity index (χ0n) is 15.3. The Morgan fingerprint density at radius 3 is 2.48 bits per heavy atom. The smallest absolute Gasteiger partial charge is 0.234 e. The molecule has 0 atom stereocenters. The minimum absolute atomic E-state index is 0.0936. The Kier molecular flexibility index (Phi) is 6.44. The summed E-state index contributed by atoms with van der Waals surface area (Å²) in [6.45, 7) is 4.28. The van der Waals surface area contributed by atoms with Gasteiger partial charge in [0.2, 0.25) is 5.91 Å². The predicted octanol–water partition coefficient (Wildman–Crippen LogP) is 4.40. The van der Waals surface area contributed by atoms with Gasteiger partial charge in [0.05, 0.1) is 5.75 Å². The molecule has 0 spiro atoms. The SMILES string of the molecule is Cc1cc(C)nc(SCC(=O)Nc2cccc(COc3ccccc3)c2)n1. The second kappa shape index (κ2) is 9.19. The van der Waals surface area contributed by atoms with Crippen molar-refractivity contribution in [2.45, 2.75) is 25.6 Å². The van der Waals surface area contributed by atoms with E-state index in [1.807, 2.05) is 74.5 Å². The van der Waals surface area contributed by atoms with Crippen LogP contribution in [-0.4, -0.2) is 21.6 Å². The van der Waals surface area contributed by atoms with Crippen LogP contribution < -0.4 is 10.1 Å². The number of carbonyl (C=O) groups is 1. The molecule has 3 aromatic rings. The van der Waals surface area contributed by atoms with Crippen LogP contribution in [-0.2, 0) is 11.4 Å². The standard InChI is InChI=1S/C21H21N3O2S/c1-15-11-16(2)23-21(22-15)27-14-20(25)24-18-8-6-7-17(12-18)13-26-19-9-4-3-5-10-19/h3-12H,13-14H2,1-2H3,(H,24,25). The first-order valence-corrected chi connectivity index (χ1v) is 9.59. The van der Waals surface area contributed by atoms with Gasteiger partial charge in [-0.2, -0.15) is 0 Å². The lowest BCUT2D eigenvalue weighted by Crippen LogP contribution is -2.14. The first-order chi connectivity index (χ1) is 13.1. The number of nitrogens with one attached hydrogen (secondary N) is 1. The highest BCUT2D eigenvalue weighted by Crippen LogP contribution is 2.17. The number of hydrogen-bond acceptors (Lipinski definition) is 5. The minimum Gasteiger partial charge on any atom is -0.489 e. The number of rotatable bonds is 7. The van der Waals surface area contributed by atoms with Crippen molar-refractivity contribution in [1.29, 1.82) is 0 Å². The fourth-order valence-electron chi connectivity index (χ4n) is 2.51. The highest BCUT2D eigenvalue weighted by atomic mass is 32.2. The summed E-state index contributed by atoms with van der Waals surface area (Å²) in [5, 5.41) is 3.53. The maximum atomic E-state index is 12.2. The maximum Gasteiger partial charge on any atom is 0.234 e. The van der Waals surface area contributed by atoms with Crippen LogP contribution in [0.1, 0.15) is 17.0 Å². The summed E-state index contributed by atoms with van der Waals surface area (Å²) in [7, 11) is 0. The van der Waals surface area contributed by atoms with E-state index in [0.29, 0.717) is 11.8 Å². The molecular weight excluding hydrogens is 358 g/mol. The van der Waals surface area contributed by atoms with Gasteiger partial charge in [-0.3, -0.25) is 4.79 Å². The first-order valence-electron chi connectivity index (χ1n) is 8.60. The van der Waals surface area contributed by atoms with Crippen molar-refractivity contribution < 1.29 is 9.53 Å². The van der Waals surface area contributed by atoms with Gasteiger partial charge in [-0.25, -0.2) is 9.97 Å². The quantitative estimate of drug-likeness (QED) is 0.487. The summed E-state index contributed by atoms with van der Waals surface area (Å²) >= 11 is 1.33. The molecule has 5 nitrogen and oxygen atoms in total. The molecule has 0 saturated heterocycles. The van der Waals surface area contributed by atoms with Crippen LogP contribution in [0.5, 0.6) is 5.75 Å². The van der Waals surface area contributed by atoms with Gasteiger partial charge < -0.3 is 10.1 Å². The highest BCUT2D eigenvalue weighted by Gasteiger charge is 2.07. The van der Waals surface area contributed by atoms with E-state index in [4.69, 9.17) is 4.74 Å². The molecule has 1 N–H and O–H groups in total. The van der Waals surface area contributed by atoms with E-state index in [-0.39, 0.29) is 11.7 Å². The number of aromatic nitrogens is 2. The van der Waals surface area contributed by atoms with Crippen LogP contribution in [0.15, 0.2) is 65.8 Å². The number of nitrogens with zero attached hydrogens (tertiary/aromatic N) is 2. The monoisotopic (exact) mass is 379 g/mol. The number of carbonyl (C=O) groups excluding carboxylic acids is 1. The molecule has 1 amide bonds. The summed E-state index contributed by atoms with van der Waals surface area (Å²) in [5.41, 5.74) is 3.53. The van der Waals surface area contributed by atoms with Crippen LogP contribution in [0.3, 0.4) is 0 Å². The molecule has 138 valence electrons. The average molecular weight is 379 g/mol. The molecular formula is C21H21N3O2S. The van der Waals surface area contributed by atoms with Gasteiger partial charge in [0, 0.05) is 17.1 Å². The third kappa shape index (κ3) is 6.11. The molecule has 0 bridgehead atoms. The number of hydrogen-bond donors (Lipinski definition) is 1. The molecule has 0 radical (unpaired) electrons. The molecule has 1 aromatic heterocycles. The minimum atomic E-state index is -0.0936. The Morgan fingerprint density at radius 2 is 1.74 bits per heavy atom. The van der Waals surface area contributed by atoms with Crippen molar-refractivity contribution in [3.05, 3.63) is 77.6 Å². The lowest BCUT2D eigenvalue weighted by Gasteiger charge is -2.09. The van der Waals surface area contributed by atoms with Gasteiger partial charge in [0.1, 0.15) is 12.4 Å². The van der Waals surface area contributed by atoms with E-state index >= 15 is 0 Å². The Hall–Kier alpha value is -2.86. The van der Waals surface area contributed by atoms with Crippen LogP contribution >= 0.6 is 11.8 Å². The number of thioether (sulfide) groups is 1. The van der Waals surface area contributed by atoms with Gasteiger partial charge >= 0.3 is 0 Å². The van der Waals surface area contributed by atoms with E-state index in [1.54, 1.807) is 0 Å². The second-order valence-electron chi connectivity index (χ2n) is 6.07. The van der Waals surface area contributed by atoms with Crippen LogP contribution in [0.2, 0.25) is 0 Å². The Balaban J connectivity index is 1.53. The Morgan fingerprint density at radius 1 is 1.00 bits per heavy atom. The predicted molar refractivity (Wildman–Crippen MR) is 108 cm³/mol. The lowest BCUT2D eigenvalue weighted by molar-refractivity contribution is -0.113. The summed E-state index contributed by atoms with van der Waals surface area (Å²) in [5.74, 6) is 0.980. The van der Waals surface area contributed by atoms with E-state index < -0.39 is 0 Å². The molecule has 0 aliphatic rings. The van der Waals surface area contributed by atoms with E-state index in [1.165, 1.54) is 11.8 Å². The fourth-order valence-corrected chi connectivity index (χ4v) is 3.26. The van der Waals surface area contributed by atoms with Crippen molar-refractivity contribution in [1.82, 2.24) is 9.97 Å². The third-order valence-electron chi connectivity index (χ3n) is 3.65. The van der Waals surface area contributed by atoms with Gasteiger partial charge in [-0.15, -0.1) is 0 Å². The van der Waals surface area contributed by atoms with Crippen molar-refractivity contribution >= 4 is 23.4 Å². The first kappa shape index (κ1) is 18.9. The second-order valence-corrected chi connectivity index (χ2v) is 7.01. The normalized spacial score (nSPS) is 10.4. The lowest BCUT2D eigenvalue weighted by atomic mass is 10.2. The summed E-state index contributed by atoms with van der Waals surface area (Å²) in [4.78, 5) is 20.9. The summed E-state index contributed by atoms with van der Waals surface area (Å²) in [6.07, 6.45) is 0.